The number of imidazole rings is 1. The average molecular weight is 295 g/mol. The fraction of sp³-hybridized carbons (Fsp3) is 0.308. The van der Waals surface area contributed by atoms with Crippen molar-refractivity contribution in [3.63, 3.8) is 0 Å². The zero-order valence-corrected chi connectivity index (χ0v) is 12.2. The molecule has 0 aliphatic carbocycles. The highest BCUT2D eigenvalue weighted by molar-refractivity contribution is 7.89. The van der Waals surface area contributed by atoms with Crippen molar-refractivity contribution in [2.45, 2.75) is 31.9 Å². The number of benzene rings is 1. The van der Waals surface area contributed by atoms with E-state index in [1.807, 2.05) is 11.5 Å². The first-order valence-corrected chi connectivity index (χ1v) is 7.71. The van der Waals surface area contributed by atoms with E-state index in [2.05, 4.69) is 4.98 Å². The van der Waals surface area contributed by atoms with Crippen LogP contribution in [-0.2, 0) is 23.2 Å². The molecule has 1 aromatic carbocycles. The first-order valence-electron chi connectivity index (χ1n) is 6.17. The normalized spacial score (nSPS) is 11.6. The predicted octanol–water partition coefficient (Wildman–Crippen LogP) is 1.44. The summed E-state index contributed by atoms with van der Waals surface area (Å²) in [5.41, 5.74) is 1.52. The van der Waals surface area contributed by atoms with Crippen LogP contribution in [0.4, 0.5) is 0 Å². The Morgan fingerprint density at radius 3 is 2.75 bits per heavy atom. The molecule has 6 nitrogen and oxygen atoms in total. The van der Waals surface area contributed by atoms with Gasteiger partial charge in [-0.3, -0.25) is 0 Å². The second-order valence-corrected chi connectivity index (χ2v) is 5.96. The van der Waals surface area contributed by atoms with Crippen LogP contribution in [0.2, 0.25) is 0 Å². The van der Waals surface area contributed by atoms with Crippen LogP contribution in [0.5, 0.6) is 5.75 Å². The molecule has 1 heterocycles. The van der Waals surface area contributed by atoms with Crippen LogP contribution in [0.1, 0.15) is 18.2 Å². The van der Waals surface area contributed by atoms with E-state index in [0.29, 0.717) is 17.9 Å². The molecule has 0 saturated heterocycles. The number of nitrogens with zero attached hydrogens (tertiary/aromatic N) is 2. The van der Waals surface area contributed by atoms with Crippen molar-refractivity contribution in [2.24, 2.45) is 5.14 Å². The van der Waals surface area contributed by atoms with Crippen LogP contribution >= 0.6 is 0 Å². The average Bonchev–Trinajstić information content (AvgIpc) is 2.82. The zero-order valence-electron chi connectivity index (χ0n) is 11.4. The molecule has 2 rings (SSSR count). The number of aromatic nitrogens is 2. The highest BCUT2D eigenvalue weighted by atomic mass is 32.2. The molecule has 20 heavy (non-hydrogen) atoms. The number of primary sulfonamides is 1. The molecule has 1 aromatic heterocycles. The van der Waals surface area contributed by atoms with E-state index >= 15 is 0 Å². The molecule has 0 radical (unpaired) electrons. The number of hydrogen-bond donors (Lipinski definition) is 1. The zero-order chi connectivity index (χ0) is 14.8. The monoisotopic (exact) mass is 295 g/mol. The smallest absolute Gasteiger partial charge is 0.238 e. The molecule has 0 spiro atoms. The van der Waals surface area contributed by atoms with Crippen molar-refractivity contribution >= 4 is 10.0 Å². The Morgan fingerprint density at radius 1 is 1.40 bits per heavy atom. The van der Waals surface area contributed by atoms with Gasteiger partial charge in [-0.2, -0.15) is 0 Å². The van der Waals surface area contributed by atoms with E-state index in [0.717, 1.165) is 12.2 Å². The largest absolute Gasteiger partial charge is 0.487 e. The minimum atomic E-state index is -3.69. The summed E-state index contributed by atoms with van der Waals surface area (Å²) in [4.78, 5) is 4.17. The number of ether oxygens (including phenoxy) is 1. The van der Waals surface area contributed by atoms with E-state index in [9.17, 15) is 8.42 Å². The van der Waals surface area contributed by atoms with Gasteiger partial charge in [0.15, 0.2) is 0 Å². The van der Waals surface area contributed by atoms with Crippen LogP contribution in [0, 0.1) is 6.92 Å². The number of sulfonamides is 1. The molecule has 7 heteroatoms. The molecule has 0 atom stereocenters. The van der Waals surface area contributed by atoms with E-state index < -0.39 is 10.0 Å². The third kappa shape index (κ3) is 3.17. The Balaban J connectivity index is 2.14. The summed E-state index contributed by atoms with van der Waals surface area (Å²) in [6.45, 7) is 4.91. The molecule has 2 N–H and O–H groups in total. The molecule has 108 valence electrons. The number of hydrogen-bond acceptors (Lipinski definition) is 4. The van der Waals surface area contributed by atoms with Gasteiger partial charge in [-0.15, -0.1) is 0 Å². The Labute approximate surface area is 118 Å². The predicted molar refractivity (Wildman–Crippen MR) is 74.8 cm³/mol. The number of rotatable bonds is 5. The van der Waals surface area contributed by atoms with Gasteiger partial charge in [0.05, 0.1) is 23.1 Å². The van der Waals surface area contributed by atoms with Crippen molar-refractivity contribution in [3.8, 4) is 5.75 Å². The van der Waals surface area contributed by atoms with Gasteiger partial charge in [0.2, 0.25) is 10.0 Å². The van der Waals surface area contributed by atoms with E-state index in [-0.39, 0.29) is 4.90 Å². The van der Waals surface area contributed by atoms with Crippen molar-refractivity contribution in [2.75, 3.05) is 0 Å². The van der Waals surface area contributed by atoms with Gasteiger partial charge < -0.3 is 9.30 Å². The minimum Gasteiger partial charge on any atom is -0.487 e. The maximum absolute atomic E-state index is 11.3. The fourth-order valence-electron chi connectivity index (χ4n) is 1.94. The third-order valence-electron chi connectivity index (χ3n) is 2.98. The lowest BCUT2D eigenvalue weighted by Crippen LogP contribution is -2.13. The summed E-state index contributed by atoms with van der Waals surface area (Å²) in [5, 5.41) is 5.12. The quantitative estimate of drug-likeness (QED) is 0.904. The second kappa shape index (κ2) is 5.64. The first-order chi connectivity index (χ1) is 9.41. The topological polar surface area (TPSA) is 87.2 Å². The SMILES string of the molecule is CCn1cncc1COc1ccc(S(N)(=O)=O)c(C)c1. The Kier molecular flexibility index (Phi) is 4.10. The van der Waals surface area contributed by atoms with Gasteiger partial charge >= 0.3 is 0 Å². The minimum absolute atomic E-state index is 0.114. The van der Waals surface area contributed by atoms with Crippen molar-refractivity contribution < 1.29 is 13.2 Å². The molecule has 0 aliphatic heterocycles. The van der Waals surface area contributed by atoms with Gasteiger partial charge in [-0.05, 0) is 37.6 Å². The Morgan fingerprint density at radius 2 is 2.15 bits per heavy atom. The fourth-order valence-corrected chi connectivity index (χ4v) is 2.71. The molecule has 2 aromatic rings. The van der Waals surface area contributed by atoms with Crippen LogP contribution in [0.25, 0.3) is 0 Å². The van der Waals surface area contributed by atoms with Crippen molar-refractivity contribution in [1.82, 2.24) is 9.55 Å². The van der Waals surface area contributed by atoms with Gasteiger partial charge in [0.25, 0.3) is 0 Å². The molecule has 0 aliphatic rings. The standard InChI is InChI=1S/C13H17N3O3S/c1-3-16-9-15-7-11(16)8-19-12-4-5-13(10(2)6-12)20(14,17)18/h4-7,9H,3,8H2,1-2H3,(H2,14,17,18). The summed E-state index contributed by atoms with van der Waals surface area (Å²) < 4.78 is 30.3. The summed E-state index contributed by atoms with van der Waals surface area (Å²) >= 11 is 0. The maximum atomic E-state index is 11.3. The van der Waals surface area contributed by atoms with Crippen LogP contribution in [-0.4, -0.2) is 18.0 Å². The van der Waals surface area contributed by atoms with Gasteiger partial charge in [0.1, 0.15) is 12.4 Å². The van der Waals surface area contributed by atoms with Gasteiger partial charge in [-0.25, -0.2) is 18.5 Å². The molecule has 0 amide bonds. The highest BCUT2D eigenvalue weighted by Crippen LogP contribution is 2.21. The molecule has 0 unspecified atom stereocenters. The van der Waals surface area contributed by atoms with Crippen LogP contribution < -0.4 is 9.88 Å². The maximum Gasteiger partial charge on any atom is 0.238 e. The Hall–Kier alpha value is -1.86. The lowest BCUT2D eigenvalue weighted by atomic mass is 10.2. The van der Waals surface area contributed by atoms with Gasteiger partial charge in [-0.1, -0.05) is 0 Å². The van der Waals surface area contributed by atoms with E-state index in [1.54, 1.807) is 31.6 Å². The summed E-state index contributed by atoms with van der Waals surface area (Å²) in [6.07, 6.45) is 3.49. The van der Waals surface area contributed by atoms with Gasteiger partial charge in [0, 0.05) is 6.54 Å². The molecule has 0 saturated carbocycles. The number of nitrogens with two attached hydrogens (primary N) is 1. The van der Waals surface area contributed by atoms with E-state index in [4.69, 9.17) is 9.88 Å². The Bertz CT molecular complexity index is 707. The lowest BCUT2D eigenvalue weighted by Gasteiger charge is -2.10. The molecule has 0 bridgehead atoms. The molecular weight excluding hydrogens is 278 g/mol. The third-order valence-corrected chi connectivity index (χ3v) is 4.05. The summed E-state index contributed by atoms with van der Waals surface area (Å²) in [6, 6.07) is 4.71. The van der Waals surface area contributed by atoms with Crippen LogP contribution in [0.3, 0.4) is 0 Å². The molecular formula is C13H17N3O3S. The van der Waals surface area contributed by atoms with Crippen LogP contribution in [0.15, 0.2) is 35.6 Å². The number of aryl methyl sites for hydroxylation is 2. The summed E-state index contributed by atoms with van der Waals surface area (Å²) in [7, 11) is -3.69. The van der Waals surface area contributed by atoms with Crippen molar-refractivity contribution in [1.29, 1.82) is 0 Å². The lowest BCUT2D eigenvalue weighted by molar-refractivity contribution is 0.295. The highest BCUT2D eigenvalue weighted by Gasteiger charge is 2.12. The molecule has 0 fully saturated rings. The summed E-state index contributed by atoms with van der Waals surface area (Å²) in [5.74, 6) is 0.596. The first kappa shape index (κ1) is 14.5. The second-order valence-electron chi connectivity index (χ2n) is 4.43. The van der Waals surface area contributed by atoms with E-state index in [1.165, 1.54) is 6.07 Å². The van der Waals surface area contributed by atoms with Crippen molar-refractivity contribution in [3.05, 3.63) is 42.0 Å².